The van der Waals surface area contributed by atoms with Gasteiger partial charge < -0.3 is 5.11 Å². The lowest BCUT2D eigenvalue weighted by atomic mass is 10.4. The highest BCUT2D eigenvalue weighted by Crippen LogP contribution is 2.28. The van der Waals surface area contributed by atoms with Gasteiger partial charge in [-0.05, 0) is 11.8 Å². The van der Waals surface area contributed by atoms with Crippen LogP contribution in [0.25, 0.3) is 0 Å². The van der Waals surface area contributed by atoms with Crippen molar-refractivity contribution >= 4 is 23.4 Å². The van der Waals surface area contributed by atoms with Gasteiger partial charge in [0.2, 0.25) is 0 Å². The molecule has 10 heteroatoms. The van der Waals surface area contributed by atoms with Gasteiger partial charge in [-0.1, -0.05) is 11.6 Å². The van der Waals surface area contributed by atoms with Gasteiger partial charge in [-0.2, -0.15) is 4.98 Å². The van der Waals surface area contributed by atoms with E-state index in [1.54, 1.807) is 0 Å². The molecule has 0 radical (unpaired) electrons. The molecule has 0 saturated heterocycles. The van der Waals surface area contributed by atoms with Crippen molar-refractivity contribution in [3.63, 3.8) is 0 Å². The van der Waals surface area contributed by atoms with Crippen LogP contribution in [-0.2, 0) is 13.7 Å². The van der Waals surface area contributed by atoms with E-state index in [1.807, 2.05) is 0 Å². The van der Waals surface area contributed by atoms with Crippen molar-refractivity contribution in [2.75, 3.05) is 0 Å². The monoisotopic (exact) mass is 301 g/mol. The highest BCUT2D eigenvalue weighted by atomic mass is 35.5. The Morgan fingerprint density at radius 3 is 2.89 bits per heavy atom. The highest BCUT2D eigenvalue weighted by Gasteiger charge is 2.13. The van der Waals surface area contributed by atoms with E-state index in [4.69, 9.17) is 11.6 Å². The van der Waals surface area contributed by atoms with Gasteiger partial charge in [-0.15, -0.1) is 0 Å². The second kappa shape index (κ2) is 5.51. The maximum absolute atomic E-state index is 11.2. The van der Waals surface area contributed by atoms with E-state index in [0.717, 1.165) is 11.8 Å². The summed E-state index contributed by atoms with van der Waals surface area (Å²) in [6.07, 6.45) is 1.23. The first-order valence-corrected chi connectivity index (χ1v) is 6.17. The van der Waals surface area contributed by atoms with Gasteiger partial charge >= 0.3 is 11.1 Å². The molecular formula is C9H8ClN5O3S. The number of aromatic nitrogens is 5. The van der Waals surface area contributed by atoms with Crippen LogP contribution in [-0.4, -0.2) is 29.8 Å². The van der Waals surface area contributed by atoms with Crippen LogP contribution in [0.4, 0.5) is 0 Å². The number of nitrogens with one attached hydrogen (secondary N) is 1. The van der Waals surface area contributed by atoms with Gasteiger partial charge in [0.05, 0.1) is 6.61 Å². The van der Waals surface area contributed by atoms with Crippen molar-refractivity contribution in [1.29, 1.82) is 0 Å². The molecule has 2 heterocycles. The van der Waals surface area contributed by atoms with E-state index in [1.165, 1.54) is 18.1 Å². The minimum Gasteiger partial charge on any atom is -0.391 e. The van der Waals surface area contributed by atoms with Crippen LogP contribution in [0.2, 0.25) is 5.15 Å². The summed E-state index contributed by atoms with van der Waals surface area (Å²) in [6.45, 7) is -0.348. The minimum absolute atomic E-state index is 0.120. The minimum atomic E-state index is -0.897. The molecule has 2 aromatic rings. The van der Waals surface area contributed by atoms with Crippen molar-refractivity contribution in [2.24, 2.45) is 7.05 Å². The van der Waals surface area contributed by atoms with E-state index in [2.05, 4.69) is 20.1 Å². The van der Waals surface area contributed by atoms with E-state index in [9.17, 15) is 14.7 Å². The van der Waals surface area contributed by atoms with Gasteiger partial charge in [0, 0.05) is 12.6 Å². The summed E-state index contributed by atoms with van der Waals surface area (Å²) in [5.74, 6) is 0. The lowest BCUT2D eigenvalue weighted by Gasteiger charge is -2.08. The predicted molar refractivity (Wildman–Crippen MR) is 67.2 cm³/mol. The molecule has 2 N–H and O–H groups in total. The summed E-state index contributed by atoms with van der Waals surface area (Å²) in [4.78, 5) is 33.6. The van der Waals surface area contributed by atoms with Crippen LogP contribution in [0, 0.1) is 0 Å². The first-order chi connectivity index (χ1) is 9.02. The lowest BCUT2D eigenvalue weighted by Crippen LogP contribution is -2.33. The van der Waals surface area contributed by atoms with E-state index in [-0.39, 0.29) is 16.9 Å². The van der Waals surface area contributed by atoms with Crippen molar-refractivity contribution in [3.05, 3.63) is 37.8 Å². The molecule has 2 aromatic heterocycles. The second-order valence-corrected chi connectivity index (χ2v) is 4.72. The van der Waals surface area contributed by atoms with Crippen LogP contribution in [0.3, 0.4) is 0 Å². The number of nitrogens with zero attached hydrogens (tertiary/aromatic N) is 4. The number of aliphatic hydroxyl groups excluding tert-OH is 1. The smallest absolute Gasteiger partial charge is 0.339 e. The number of H-pyrrole nitrogens is 1. The average Bonchev–Trinajstić information content (AvgIpc) is 2.36. The van der Waals surface area contributed by atoms with Crippen LogP contribution in [0.5, 0.6) is 0 Å². The highest BCUT2D eigenvalue weighted by molar-refractivity contribution is 7.99. The zero-order chi connectivity index (χ0) is 14.0. The number of aliphatic hydroxyl groups is 1. The second-order valence-electron chi connectivity index (χ2n) is 3.41. The average molecular weight is 302 g/mol. The summed E-state index contributed by atoms with van der Waals surface area (Å²) >= 11 is 6.81. The fraction of sp³-hybridized carbons (Fsp3) is 0.222. The molecule has 100 valence electrons. The Hall–Kier alpha value is -1.71. The van der Waals surface area contributed by atoms with Gasteiger partial charge in [-0.25, -0.2) is 9.97 Å². The number of hydrogen-bond donors (Lipinski definition) is 2. The first kappa shape index (κ1) is 13.7. The molecule has 0 spiro atoms. The van der Waals surface area contributed by atoms with Crippen LogP contribution >= 0.6 is 23.4 Å². The maximum Gasteiger partial charge on any atom is 0.339 e. The molecule has 0 aliphatic heterocycles. The summed E-state index contributed by atoms with van der Waals surface area (Å²) < 4.78 is 1.28. The number of hydrogen-bond acceptors (Lipinski definition) is 7. The van der Waals surface area contributed by atoms with Crippen molar-refractivity contribution in [3.8, 4) is 0 Å². The lowest BCUT2D eigenvalue weighted by molar-refractivity contribution is 0.277. The Kier molecular flexibility index (Phi) is 3.98. The summed E-state index contributed by atoms with van der Waals surface area (Å²) in [7, 11) is 1.53. The SMILES string of the molecule is Cn1[nH]c(=O)c(=O)nc1Sc1ncnc(Cl)c1CO. The molecule has 0 atom stereocenters. The molecule has 0 aliphatic rings. The fourth-order valence-corrected chi connectivity index (χ4v) is 2.35. The van der Waals surface area contributed by atoms with Crippen molar-refractivity contribution in [2.45, 2.75) is 16.8 Å². The Morgan fingerprint density at radius 1 is 1.47 bits per heavy atom. The Balaban J connectivity index is 2.48. The molecule has 2 rings (SSSR count). The largest absolute Gasteiger partial charge is 0.391 e. The molecule has 0 saturated carbocycles. The zero-order valence-electron chi connectivity index (χ0n) is 9.62. The molecular weight excluding hydrogens is 294 g/mol. The third kappa shape index (κ3) is 2.83. The number of aromatic amines is 1. The maximum atomic E-state index is 11.2. The van der Waals surface area contributed by atoms with Crippen molar-refractivity contribution < 1.29 is 5.11 Å². The first-order valence-electron chi connectivity index (χ1n) is 4.98. The van der Waals surface area contributed by atoms with Crippen LogP contribution < -0.4 is 11.1 Å². The Morgan fingerprint density at radius 2 is 2.21 bits per heavy atom. The predicted octanol–water partition coefficient (Wildman–Crippen LogP) is -0.445. The summed E-state index contributed by atoms with van der Waals surface area (Å²) in [6, 6.07) is 0. The van der Waals surface area contributed by atoms with Gasteiger partial charge in [0.25, 0.3) is 0 Å². The molecule has 0 aromatic carbocycles. The topological polar surface area (TPSA) is 114 Å². The summed E-state index contributed by atoms with van der Waals surface area (Å²) in [5, 5.41) is 12.2. The Bertz CT molecular complexity index is 729. The molecule has 0 bridgehead atoms. The van der Waals surface area contributed by atoms with Crippen LogP contribution in [0.15, 0.2) is 26.1 Å². The summed E-state index contributed by atoms with van der Waals surface area (Å²) in [5.41, 5.74) is -1.38. The van der Waals surface area contributed by atoms with Gasteiger partial charge in [0.1, 0.15) is 16.5 Å². The quantitative estimate of drug-likeness (QED) is 0.583. The number of halogens is 1. The molecule has 0 fully saturated rings. The molecule has 19 heavy (non-hydrogen) atoms. The third-order valence-corrected chi connectivity index (χ3v) is 3.57. The van der Waals surface area contributed by atoms with E-state index in [0.29, 0.717) is 10.6 Å². The standard InChI is InChI=1S/C9H8ClN5O3S/c1-15-9(13-6(17)7(18)14-15)19-8-4(2-16)5(10)11-3-12-8/h3,16H,2H2,1H3,(H,14,18). The zero-order valence-corrected chi connectivity index (χ0v) is 11.2. The van der Waals surface area contributed by atoms with Gasteiger partial charge in [-0.3, -0.25) is 19.4 Å². The molecule has 0 aliphatic carbocycles. The third-order valence-electron chi connectivity index (χ3n) is 2.15. The Labute approximate surface area is 115 Å². The number of aryl methyl sites for hydroxylation is 1. The van der Waals surface area contributed by atoms with E-state index < -0.39 is 11.1 Å². The van der Waals surface area contributed by atoms with Crippen molar-refractivity contribution in [1.82, 2.24) is 24.7 Å². The molecule has 8 nitrogen and oxygen atoms in total. The van der Waals surface area contributed by atoms with Crippen LogP contribution in [0.1, 0.15) is 5.56 Å². The van der Waals surface area contributed by atoms with E-state index >= 15 is 0 Å². The molecule has 0 unspecified atom stereocenters. The molecule has 0 amide bonds. The fourth-order valence-electron chi connectivity index (χ4n) is 1.24. The normalized spacial score (nSPS) is 10.7. The van der Waals surface area contributed by atoms with Gasteiger partial charge in [0.15, 0.2) is 5.16 Å². The number of rotatable bonds is 3.